The second kappa shape index (κ2) is 7.79. The zero-order chi connectivity index (χ0) is 17.6. The second-order valence-electron chi connectivity index (χ2n) is 6.39. The molecule has 2 heterocycles. The number of nitrogens with zero attached hydrogens (tertiary/aromatic N) is 3. The molecule has 2 N–H and O–H groups in total. The van der Waals surface area contributed by atoms with E-state index in [0.717, 1.165) is 30.1 Å². The lowest BCUT2D eigenvalue weighted by atomic mass is 10.1. The van der Waals surface area contributed by atoms with E-state index in [-0.39, 0.29) is 0 Å². The van der Waals surface area contributed by atoms with Gasteiger partial charge in [-0.15, -0.1) is 0 Å². The molecule has 0 amide bonds. The van der Waals surface area contributed by atoms with Gasteiger partial charge in [0.25, 0.3) is 0 Å². The minimum atomic E-state index is 0.628. The summed E-state index contributed by atoms with van der Waals surface area (Å²) >= 11 is 0. The van der Waals surface area contributed by atoms with Crippen molar-refractivity contribution in [1.29, 1.82) is 0 Å². The molecular weight excluding hydrogens is 314 g/mol. The van der Waals surface area contributed by atoms with Crippen LogP contribution in [0.4, 0.5) is 17.5 Å². The molecule has 3 aromatic rings. The minimum absolute atomic E-state index is 0.628. The first kappa shape index (κ1) is 17.0. The fraction of sp³-hybridized carbons (Fsp3) is 0.316. The molecule has 0 aliphatic rings. The molecule has 1 aromatic carbocycles. The van der Waals surface area contributed by atoms with E-state index < -0.39 is 0 Å². The van der Waals surface area contributed by atoms with Gasteiger partial charge in [-0.05, 0) is 19.3 Å². The highest BCUT2D eigenvalue weighted by Crippen LogP contribution is 2.22. The average Bonchev–Trinajstić information content (AvgIpc) is 3.00. The van der Waals surface area contributed by atoms with E-state index in [1.54, 1.807) is 0 Å². The second-order valence-corrected chi connectivity index (χ2v) is 6.39. The van der Waals surface area contributed by atoms with Crippen molar-refractivity contribution >= 4 is 17.5 Å². The molecule has 6 nitrogen and oxygen atoms in total. The quantitative estimate of drug-likeness (QED) is 0.654. The van der Waals surface area contributed by atoms with E-state index in [9.17, 15) is 0 Å². The Morgan fingerprint density at radius 2 is 1.76 bits per heavy atom. The Morgan fingerprint density at radius 3 is 2.44 bits per heavy atom. The Kier molecular flexibility index (Phi) is 5.28. The summed E-state index contributed by atoms with van der Waals surface area (Å²) in [6.45, 7) is 7.13. The van der Waals surface area contributed by atoms with Gasteiger partial charge in [0.2, 0.25) is 0 Å². The summed E-state index contributed by atoms with van der Waals surface area (Å²) in [7, 11) is 0. The van der Waals surface area contributed by atoms with Crippen molar-refractivity contribution in [3.63, 3.8) is 0 Å². The molecule has 0 radical (unpaired) electrons. The standard InChI is InChI=1S/C19H23N5O/c1-13(2)9-10-20-16-12-17(21-18-11-14(3)25-24-18)23-19(22-16)15-7-5-4-6-8-15/h4-8,11-13H,9-10H2,1-3H3,(H2,20,21,22,23,24). The lowest BCUT2D eigenvalue weighted by molar-refractivity contribution is 0.400. The van der Waals surface area contributed by atoms with Crippen molar-refractivity contribution in [2.24, 2.45) is 5.92 Å². The van der Waals surface area contributed by atoms with Gasteiger partial charge in [0.05, 0.1) is 0 Å². The average molecular weight is 337 g/mol. The number of anilines is 3. The van der Waals surface area contributed by atoms with Crippen LogP contribution in [0.15, 0.2) is 47.0 Å². The van der Waals surface area contributed by atoms with Crippen molar-refractivity contribution in [2.45, 2.75) is 27.2 Å². The third-order valence-corrected chi connectivity index (χ3v) is 3.67. The Balaban J connectivity index is 1.87. The molecule has 6 heteroatoms. The lowest BCUT2D eigenvalue weighted by Gasteiger charge is -2.11. The summed E-state index contributed by atoms with van der Waals surface area (Å²) in [6.07, 6.45) is 1.08. The number of benzene rings is 1. The Hall–Kier alpha value is -2.89. The molecule has 0 unspecified atom stereocenters. The van der Waals surface area contributed by atoms with Gasteiger partial charge in [0.15, 0.2) is 11.6 Å². The predicted octanol–water partition coefficient (Wildman–Crippen LogP) is 4.64. The predicted molar refractivity (Wildman–Crippen MR) is 99.9 cm³/mol. The zero-order valence-electron chi connectivity index (χ0n) is 14.8. The third-order valence-electron chi connectivity index (χ3n) is 3.67. The highest BCUT2D eigenvalue weighted by Gasteiger charge is 2.09. The Labute approximate surface area is 147 Å². The molecule has 25 heavy (non-hydrogen) atoms. The molecule has 0 fully saturated rings. The molecule has 3 rings (SSSR count). The first-order chi connectivity index (χ1) is 12.1. The van der Waals surface area contributed by atoms with Crippen LogP contribution in [0.2, 0.25) is 0 Å². The van der Waals surface area contributed by atoms with Gasteiger partial charge in [0, 0.05) is 24.2 Å². The van der Waals surface area contributed by atoms with Crippen molar-refractivity contribution in [1.82, 2.24) is 15.1 Å². The number of nitrogens with one attached hydrogen (secondary N) is 2. The van der Waals surface area contributed by atoms with Crippen LogP contribution in [-0.2, 0) is 0 Å². The van der Waals surface area contributed by atoms with Crippen LogP contribution in [0.3, 0.4) is 0 Å². The van der Waals surface area contributed by atoms with E-state index in [1.165, 1.54) is 0 Å². The molecule has 0 spiro atoms. The topological polar surface area (TPSA) is 75.9 Å². The fourth-order valence-corrected chi connectivity index (χ4v) is 2.36. The molecular formula is C19H23N5O. The smallest absolute Gasteiger partial charge is 0.175 e. The van der Waals surface area contributed by atoms with Crippen molar-refractivity contribution < 1.29 is 4.52 Å². The van der Waals surface area contributed by atoms with Crippen molar-refractivity contribution in [3.05, 3.63) is 48.2 Å². The molecule has 130 valence electrons. The minimum Gasteiger partial charge on any atom is -0.370 e. The number of rotatable bonds is 7. The molecule has 0 atom stereocenters. The third kappa shape index (κ3) is 4.79. The molecule has 0 saturated carbocycles. The van der Waals surface area contributed by atoms with E-state index >= 15 is 0 Å². The van der Waals surface area contributed by atoms with Crippen LogP contribution in [-0.4, -0.2) is 21.7 Å². The van der Waals surface area contributed by atoms with Crippen LogP contribution in [0, 0.1) is 12.8 Å². The molecule has 0 bridgehead atoms. The SMILES string of the molecule is Cc1cc(Nc2cc(NCCC(C)C)nc(-c3ccccc3)n2)no1. The number of hydrogen-bond acceptors (Lipinski definition) is 6. The van der Waals surface area contributed by atoms with E-state index in [1.807, 2.05) is 49.4 Å². The maximum atomic E-state index is 5.10. The normalized spacial score (nSPS) is 10.9. The summed E-state index contributed by atoms with van der Waals surface area (Å²) in [5, 5.41) is 10.5. The van der Waals surface area contributed by atoms with Crippen LogP contribution in [0.25, 0.3) is 11.4 Å². The van der Waals surface area contributed by atoms with Gasteiger partial charge in [-0.25, -0.2) is 9.97 Å². The largest absolute Gasteiger partial charge is 0.370 e. The van der Waals surface area contributed by atoms with Crippen molar-refractivity contribution in [3.8, 4) is 11.4 Å². The number of aryl methyl sites for hydroxylation is 1. The highest BCUT2D eigenvalue weighted by atomic mass is 16.5. The summed E-state index contributed by atoms with van der Waals surface area (Å²) in [6, 6.07) is 13.6. The monoisotopic (exact) mass is 337 g/mol. The highest BCUT2D eigenvalue weighted by molar-refractivity contribution is 5.63. The summed E-state index contributed by atoms with van der Waals surface area (Å²) < 4.78 is 5.10. The van der Waals surface area contributed by atoms with Crippen molar-refractivity contribution in [2.75, 3.05) is 17.2 Å². The van der Waals surface area contributed by atoms with Gasteiger partial charge in [0.1, 0.15) is 17.4 Å². The summed E-state index contributed by atoms with van der Waals surface area (Å²) in [5.41, 5.74) is 0.967. The van der Waals surface area contributed by atoms with E-state index in [2.05, 4.69) is 39.6 Å². The molecule has 2 aromatic heterocycles. The van der Waals surface area contributed by atoms with Crippen LogP contribution in [0.5, 0.6) is 0 Å². The molecule has 0 saturated heterocycles. The number of aromatic nitrogens is 3. The Bertz CT molecular complexity index is 814. The first-order valence-corrected chi connectivity index (χ1v) is 8.49. The van der Waals surface area contributed by atoms with Crippen LogP contribution in [0.1, 0.15) is 26.0 Å². The Morgan fingerprint density at radius 1 is 1.00 bits per heavy atom. The fourth-order valence-electron chi connectivity index (χ4n) is 2.36. The van der Waals surface area contributed by atoms with Gasteiger partial charge in [-0.2, -0.15) is 0 Å². The van der Waals surface area contributed by atoms with Gasteiger partial charge in [-0.1, -0.05) is 49.3 Å². The molecule has 0 aliphatic carbocycles. The van der Waals surface area contributed by atoms with E-state index in [4.69, 9.17) is 4.52 Å². The van der Waals surface area contributed by atoms with Gasteiger partial charge >= 0.3 is 0 Å². The first-order valence-electron chi connectivity index (χ1n) is 8.49. The van der Waals surface area contributed by atoms with Gasteiger partial charge < -0.3 is 15.2 Å². The maximum absolute atomic E-state index is 5.10. The van der Waals surface area contributed by atoms with Crippen LogP contribution < -0.4 is 10.6 Å². The summed E-state index contributed by atoms with van der Waals surface area (Å²) in [5.74, 6) is 4.14. The van der Waals surface area contributed by atoms with Crippen LogP contribution >= 0.6 is 0 Å². The zero-order valence-corrected chi connectivity index (χ0v) is 14.8. The molecule has 0 aliphatic heterocycles. The van der Waals surface area contributed by atoms with Gasteiger partial charge in [-0.3, -0.25) is 0 Å². The summed E-state index contributed by atoms with van der Waals surface area (Å²) in [4.78, 5) is 9.25. The number of hydrogen-bond donors (Lipinski definition) is 2. The van der Waals surface area contributed by atoms with E-state index in [0.29, 0.717) is 23.4 Å². The lowest BCUT2D eigenvalue weighted by Crippen LogP contribution is -2.08. The maximum Gasteiger partial charge on any atom is 0.175 e.